The minimum Gasteiger partial charge on any atom is -0.506 e. The Kier molecular flexibility index (Phi) is 7.93. The summed E-state index contributed by atoms with van der Waals surface area (Å²) in [5.41, 5.74) is -2.08. The van der Waals surface area contributed by atoms with E-state index in [1.807, 2.05) is 13.8 Å². The van der Waals surface area contributed by atoms with Crippen LogP contribution in [0.25, 0.3) is 5.76 Å². The van der Waals surface area contributed by atoms with Gasteiger partial charge in [0.2, 0.25) is 10.0 Å². The van der Waals surface area contributed by atoms with Crippen LogP contribution in [0.15, 0.2) is 57.3 Å². The fourth-order valence-electron chi connectivity index (χ4n) is 4.50. The molecule has 11 nitrogen and oxygen atoms in total. The van der Waals surface area contributed by atoms with Gasteiger partial charge in [0.15, 0.2) is 17.0 Å². The molecule has 0 saturated heterocycles. The summed E-state index contributed by atoms with van der Waals surface area (Å²) in [5.74, 6) is -3.18. The van der Waals surface area contributed by atoms with Crippen molar-refractivity contribution in [2.45, 2.75) is 37.0 Å². The highest BCUT2D eigenvalue weighted by Gasteiger charge is 2.54. The molecule has 38 heavy (non-hydrogen) atoms. The SMILES string of the molecule is CC(C)CC[C@@]1(C(=O)O)C(=O)C(C2=NS(O)(O)c3cc(NS(C)(=O)=O)ccc3N2)=C(O)c2ccccc21.Cl. The van der Waals surface area contributed by atoms with Crippen molar-refractivity contribution < 1.29 is 37.3 Å². The van der Waals surface area contributed by atoms with E-state index < -0.39 is 55.1 Å². The fourth-order valence-corrected chi connectivity index (χ4v) is 6.24. The molecule has 1 aliphatic heterocycles. The number of sulfonamides is 1. The smallest absolute Gasteiger partial charge is 0.322 e. The number of nitrogens with zero attached hydrogens (tertiary/aromatic N) is 1. The van der Waals surface area contributed by atoms with Gasteiger partial charge in [-0.15, -0.1) is 16.8 Å². The van der Waals surface area contributed by atoms with Gasteiger partial charge in [-0.3, -0.25) is 23.4 Å². The minimum absolute atomic E-state index is 0. The lowest BCUT2D eigenvalue weighted by Gasteiger charge is -2.38. The van der Waals surface area contributed by atoms with E-state index in [2.05, 4.69) is 14.4 Å². The van der Waals surface area contributed by atoms with Crippen LogP contribution in [0.5, 0.6) is 0 Å². The summed E-state index contributed by atoms with van der Waals surface area (Å²) in [7, 11) is -7.63. The van der Waals surface area contributed by atoms with Crippen LogP contribution in [0, 0.1) is 5.92 Å². The maximum atomic E-state index is 14.0. The number of Topliss-reactive ketones (excluding diaryl/α,β-unsaturated/α-hetero) is 1. The summed E-state index contributed by atoms with van der Waals surface area (Å²) < 4.78 is 51.0. The lowest BCUT2D eigenvalue weighted by Crippen LogP contribution is -2.49. The van der Waals surface area contributed by atoms with Gasteiger partial charge in [-0.2, -0.15) is 0 Å². The van der Waals surface area contributed by atoms with Crippen LogP contribution in [-0.4, -0.2) is 51.6 Å². The zero-order chi connectivity index (χ0) is 27.3. The molecular formula is C24H28ClN3O8S2. The van der Waals surface area contributed by atoms with E-state index in [-0.39, 0.29) is 52.1 Å². The number of halogens is 1. The Hall–Kier alpha value is -3.10. The van der Waals surface area contributed by atoms with Crippen molar-refractivity contribution in [3.63, 3.8) is 0 Å². The number of carbonyl (C=O) groups is 2. The maximum absolute atomic E-state index is 14.0. The molecule has 1 aliphatic carbocycles. The standard InChI is InChI=1S/C24H27N3O8S2.ClH/c1-13(2)10-11-24(23(30)31)16-7-5-4-6-15(16)20(28)19(21(24)29)22-25-17-9-8-14(26-36(3,32)33)12-18(17)37(34,35)27-22;/h4-9,12-13,26,28,34-35H,10-11H2,1-3H3,(H,25,27)(H,30,31);1H/t24-;/m0./s1. The van der Waals surface area contributed by atoms with E-state index in [1.165, 1.54) is 30.3 Å². The van der Waals surface area contributed by atoms with E-state index >= 15 is 0 Å². The van der Waals surface area contributed by atoms with Crippen molar-refractivity contribution in [1.82, 2.24) is 0 Å². The highest BCUT2D eigenvalue weighted by Crippen LogP contribution is 2.57. The number of benzene rings is 2. The number of carboxylic acid groups (broad SMARTS) is 1. The minimum atomic E-state index is -3.98. The molecule has 0 aromatic heterocycles. The Balaban J connectivity index is 0.00000400. The van der Waals surface area contributed by atoms with E-state index in [0.717, 1.165) is 6.26 Å². The number of carboxylic acids is 1. The second kappa shape index (κ2) is 10.2. The second-order valence-electron chi connectivity index (χ2n) is 9.41. The number of aliphatic hydroxyl groups excluding tert-OH is 1. The van der Waals surface area contributed by atoms with E-state index in [1.54, 1.807) is 12.1 Å². The highest BCUT2D eigenvalue weighted by atomic mass is 35.5. The predicted octanol–water partition coefficient (Wildman–Crippen LogP) is 4.64. The first-order valence-electron chi connectivity index (χ1n) is 11.3. The molecule has 0 unspecified atom stereocenters. The Labute approximate surface area is 227 Å². The highest BCUT2D eigenvalue weighted by molar-refractivity contribution is 8.23. The summed E-state index contributed by atoms with van der Waals surface area (Å²) in [6.45, 7) is 3.80. The Bertz CT molecular complexity index is 1490. The number of ketones is 1. The molecule has 0 bridgehead atoms. The Morgan fingerprint density at radius 2 is 1.84 bits per heavy atom. The summed E-state index contributed by atoms with van der Waals surface area (Å²) in [5, 5.41) is 24.3. The average Bonchev–Trinajstić information content (AvgIpc) is 2.78. The number of carbonyl (C=O) groups excluding carboxylic acids is 1. The Morgan fingerprint density at radius 3 is 2.45 bits per heavy atom. The number of anilines is 2. The topological polar surface area (TPSA) is 186 Å². The van der Waals surface area contributed by atoms with Gasteiger partial charge in [0.25, 0.3) is 0 Å². The first kappa shape index (κ1) is 29.5. The van der Waals surface area contributed by atoms with Crippen molar-refractivity contribution in [3.8, 4) is 0 Å². The molecule has 206 valence electrons. The average molecular weight is 586 g/mol. The molecule has 0 radical (unpaired) electrons. The molecule has 2 aromatic carbocycles. The van der Waals surface area contributed by atoms with Crippen LogP contribution in [0.3, 0.4) is 0 Å². The number of rotatable bonds is 7. The number of hydrogen-bond acceptors (Lipinski definition) is 9. The van der Waals surface area contributed by atoms with Crippen molar-refractivity contribution in [2.24, 2.45) is 10.3 Å². The third-order valence-corrected chi connectivity index (χ3v) is 8.22. The molecule has 6 N–H and O–H groups in total. The van der Waals surface area contributed by atoms with Crippen LogP contribution in [-0.2, 0) is 25.0 Å². The third kappa shape index (κ3) is 5.12. The van der Waals surface area contributed by atoms with Crippen LogP contribution in [0.2, 0.25) is 0 Å². The van der Waals surface area contributed by atoms with Crippen molar-refractivity contribution in [3.05, 3.63) is 59.2 Å². The first-order valence-corrected chi connectivity index (χ1v) is 14.7. The van der Waals surface area contributed by atoms with Gasteiger partial charge in [-0.1, -0.05) is 48.9 Å². The molecule has 4 rings (SSSR count). The summed E-state index contributed by atoms with van der Waals surface area (Å²) >= 11 is 0. The van der Waals surface area contributed by atoms with Crippen molar-refractivity contribution >= 4 is 67.9 Å². The zero-order valence-corrected chi connectivity index (χ0v) is 23.1. The predicted molar refractivity (Wildman–Crippen MR) is 149 cm³/mol. The number of fused-ring (bicyclic) bond motifs is 2. The summed E-state index contributed by atoms with van der Waals surface area (Å²) in [6.07, 6.45) is 1.29. The molecule has 2 aromatic rings. The van der Waals surface area contributed by atoms with Gasteiger partial charge < -0.3 is 15.5 Å². The Morgan fingerprint density at radius 1 is 1.18 bits per heavy atom. The quantitative estimate of drug-likeness (QED) is 0.252. The zero-order valence-electron chi connectivity index (χ0n) is 20.6. The van der Waals surface area contributed by atoms with Crippen LogP contribution in [0.4, 0.5) is 11.4 Å². The number of nitrogens with one attached hydrogen (secondary N) is 2. The number of aliphatic carboxylic acids is 1. The molecule has 0 spiro atoms. The molecule has 0 amide bonds. The molecule has 14 heteroatoms. The summed E-state index contributed by atoms with van der Waals surface area (Å²) in [6, 6.07) is 10.1. The van der Waals surface area contributed by atoms with E-state index in [9.17, 15) is 37.3 Å². The molecule has 0 fully saturated rings. The largest absolute Gasteiger partial charge is 0.506 e. The van der Waals surface area contributed by atoms with Gasteiger partial charge in [-0.05, 0) is 42.5 Å². The second-order valence-corrected chi connectivity index (χ2v) is 12.8. The number of amidine groups is 1. The van der Waals surface area contributed by atoms with E-state index in [0.29, 0.717) is 6.42 Å². The lowest BCUT2D eigenvalue weighted by atomic mass is 9.65. The number of hydrogen-bond donors (Lipinski definition) is 6. The first-order chi connectivity index (χ1) is 17.2. The third-order valence-electron chi connectivity index (χ3n) is 6.24. The van der Waals surface area contributed by atoms with Crippen LogP contribution >= 0.6 is 23.2 Å². The lowest BCUT2D eigenvalue weighted by molar-refractivity contribution is -0.148. The van der Waals surface area contributed by atoms with Gasteiger partial charge in [0, 0.05) is 5.56 Å². The normalized spacial score (nSPS) is 20.9. The van der Waals surface area contributed by atoms with Crippen LogP contribution in [0.1, 0.15) is 37.8 Å². The summed E-state index contributed by atoms with van der Waals surface area (Å²) in [4.78, 5) is 26.6. The molecule has 1 atom stereocenters. The van der Waals surface area contributed by atoms with Gasteiger partial charge in [0.1, 0.15) is 16.2 Å². The fraction of sp³-hybridized carbons (Fsp3) is 0.292. The van der Waals surface area contributed by atoms with Gasteiger partial charge in [0.05, 0.1) is 17.6 Å². The number of aliphatic hydroxyl groups is 1. The van der Waals surface area contributed by atoms with Crippen molar-refractivity contribution in [1.29, 1.82) is 0 Å². The van der Waals surface area contributed by atoms with Gasteiger partial charge >= 0.3 is 5.97 Å². The van der Waals surface area contributed by atoms with E-state index in [4.69, 9.17) is 0 Å². The molecular weight excluding hydrogens is 558 g/mol. The van der Waals surface area contributed by atoms with Crippen LogP contribution < -0.4 is 10.0 Å². The molecule has 0 saturated carbocycles. The molecule has 2 aliphatic rings. The maximum Gasteiger partial charge on any atom is 0.322 e. The monoisotopic (exact) mass is 585 g/mol. The van der Waals surface area contributed by atoms with Crippen molar-refractivity contribution in [2.75, 3.05) is 16.3 Å². The molecule has 1 heterocycles. The van der Waals surface area contributed by atoms with Gasteiger partial charge in [-0.25, -0.2) is 8.42 Å².